The summed E-state index contributed by atoms with van der Waals surface area (Å²) in [5.74, 6) is 3.43. The first-order chi connectivity index (χ1) is 9.29. The van der Waals surface area contributed by atoms with E-state index in [0.29, 0.717) is 0 Å². The fourth-order valence-electron chi connectivity index (χ4n) is 2.31. The molecule has 1 saturated heterocycles. The van der Waals surface area contributed by atoms with Crippen molar-refractivity contribution in [2.45, 2.75) is 6.04 Å². The Morgan fingerprint density at radius 1 is 1.53 bits per heavy atom. The van der Waals surface area contributed by atoms with E-state index in [2.05, 4.69) is 15.4 Å². The minimum absolute atomic E-state index is 0.0150. The minimum Gasteiger partial charge on any atom is -0.497 e. The molecular formula is C13H15N3O2S. The maximum atomic E-state index is 11.8. The van der Waals surface area contributed by atoms with Gasteiger partial charge in [0.05, 0.1) is 7.11 Å². The van der Waals surface area contributed by atoms with Crippen LogP contribution in [0.15, 0.2) is 29.4 Å². The van der Waals surface area contributed by atoms with E-state index in [-0.39, 0.29) is 11.9 Å². The number of amidine groups is 1. The molecular weight excluding hydrogens is 262 g/mol. The van der Waals surface area contributed by atoms with Crippen molar-refractivity contribution < 1.29 is 9.53 Å². The number of hydrogen-bond acceptors (Lipinski definition) is 5. The Labute approximate surface area is 116 Å². The van der Waals surface area contributed by atoms with Crippen molar-refractivity contribution >= 4 is 23.5 Å². The lowest BCUT2D eigenvalue weighted by Crippen LogP contribution is -2.57. The second-order valence-electron chi connectivity index (χ2n) is 4.43. The van der Waals surface area contributed by atoms with Crippen LogP contribution in [0.4, 0.5) is 0 Å². The molecule has 2 heterocycles. The summed E-state index contributed by atoms with van der Waals surface area (Å²) >= 11 is 1.81. The van der Waals surface area contributed by atoms with E-state index >= 15 is 0 Å². The van der Waals surface area contributed by atoms with Crippen LogP contribution in [-0.2, 0) is 4.79 Å². The van der Waals surface area contributed by atoms with Gasteiger partial charge in [0.25, 0.3) is 5.91 Å². The monoisotopic (exact) mass is 277 g/mol. The zero-order valence-electron chi connectivity index (χ0n) is 10.6. The largest absolute Gasteiger partial charge is 0.497 e. The number of benzene rings is 1. The number of nitrogens with zero attached hydrogens (tertiary/aromatic N) is 2. The third kappa shape index (κ3) is 2.28. The predicted molar refractivity (Wildman–Crippen MR) is 75.5 cm³/mol. The normalized spacial score (nSPS) is 22.4. The third-order valence-corrected chi connectivity index (χ3v) is 4.33. The average molecular weight is 277 g/mol. The zero-order chi connectivity index (χ0) is 13.2. The molecule has 1 unspecified atom stereocenters. The number of carbonyl (C=O) groups is 1. The quantitative estimate of drug-likeness (QED) is 0.873. The number of carbonyl (C=O) groups excluding carboxylic acids is 1. The van der Waals surface area contributed by atoms with Gasteiger partial charge in [-0.1, -0.05) is 12.1 Å². The highest BCUT2D eigenvalue weighted by molar-refractivity contribution is 7.99. The molecule has 100 valence electrons. The van der Waals surface area contributed by atoms with Crippen molar-refractivity contribution in [1.82, 2.24) is 10.3 Å². The zero-order valence-corrected chi connectivity index (χ0v) is 11.4. The highest BCUT2D eigenvalue weighted by Crippen LogP contribution is 2.23. The number of rotatable bonds is 2. The Kier molecular flexibility index (Phi) is 3.33. The fourth-order valence-corrected chi connectivity index (χ4v) is 3.36. The van der Waals surface area contributed by atoms with Crippen molar-refractivity contribution in [2.24, 2.45) is 5.10 Å². The van der Waals surface area contributed by atoms with Gasteiger partial charge in [0.1, 0.15) is 11.8 Å². The summed E-state index contributed by atoms with van der Waals surface area (Å²) in [6, 6.07) is 7.64. The molecule has 2 aliphatic rings. The molecule has 1 aromatic carbocycles. The first-order valence-electron chi connectivity index (χ1n) is 6.16. The van der Waals surface area contributed by atoms with Gasteiger partial charge < -0.3 is 9.64 Å². The Morgan fingerprint density at radius 3 is 3.26 bits per heavy atom. The summed E-state index contributed by atoms with van der Waals surface area (Å²) in [6.45, 7) is 0.846. The van der Waals surface area contributed by atoms with Gasteiger partial charge in [0.2, 0.25) is 0 Å². The summed E-state index contributed by atoms with van der Waals surface area (Å²) in [5.41, 5.74) is 3.59. The standard InChI is InChI=1S/C13H15N3O2S/c1-18-10-4-2-3-9(7-10)12-14-15-13(17)11-8-19-6-5-16(11)12/h2-4,7,11H,5-6,8H2,1H3,(H,15,17). The van der Waals surface area contributed by atoms with E-state index in [9.17, 15) is 4.79 Å². The summed E-state index contributed by atoms with van der Waals surface area (Å²) in [4.78, 5) is 13.9. The molecule has 3 rings (SSSR count). The predicted octanol–water partition coefficient (Wildman–Crippen LogP) is 0.904. The molecule has 2 aliphatic heterocycles. The van der Waals surface area contributed by atoms with E-state index in [1.165, 1.54) is 0 Å². The number of fused-ring (bicyclic) bond motifs is 1. The molecule has 5 nitrogen and oxygen atoms in total. The molecule has 1 atom stereocenters. The lowest BCUT2D eigenvalue weighted by atomic mass is 10.1. The Morgan fingerprint density at radius 2 is 2.42 bits per heavy atom. The van der Waals surface area contributed by atoms with Crippen LogP contribution >= 0.6 is 11.8 Å². The minimum atomic E-state index is -0.113. The van der Waals surface area contributed by atoms with E-state index in [1.54, 1.807) is 7.11 Å². The van der Waals surface area contributed by atoms with Crippen molar-refractivity contribution in [3.8, 4) is 5.75 Å². The maximum absolute atomic E-state index is 11.8. The Hall–Kier alpha value is -1.69. The van der Waals surface area contributed by atoms with Crippen molar-refractivity contribution in [2.75, 3.05) is 25.2 Å². The van der Waals surface area contributed by atoms with Crippen LogP contribution in [0.25, 0.3) is 0 Å². The van der Waals surface area contributed by atoms with E-state index in [0.717, 1.165) is 35.2 Å². The van der Waals surface area contributed by atoms with Crippen LogP contribution in [0.2, 0.25) is 0 Å². The fraction of sp³-hybridized carbons (Fsp3) is 0.385. The summed E-state index contributed by atoms with van der Waals surface area (Å²) < 4.78 is 5.24. The van der Waals surface area contributed by atoms with Gasteiger partial charge in [-0.2, -0.15) is 16.9 Å². The van der Waals surface area contributed by atoms with Gasteiger partial charge in [-0.15, -0.1) is 0 Å². The van der Waals surface area contributed by atoms with E-state index in [1.807, 2.05) is 36.0 Å². The number of nitrogens with one attached hydrogen (secondary N) is 1. The molecule has 0 aromatic heterocycles. The number of methoxy groups -OCH3 is 1. The Balaban J connectivity index is 1.96. The van der Waals surface area contributed by atoms with Gasteiger partial charge in [-0.25, -0.2) is 5.43 Å². The Bertz CT molecular complexity index is 532. The first-order valence-corrected chi connectivity index (χ1v) is 7.31. The smallest absolute Gasteiger partial charge is 0.263 e. The number of ether oxygens (including phenoxy) is 1. The summed E-state index contributed by atoms with van der Waals surface area (Å²) in [7, 11) is 1.64. The molecule has 1 aromatic rings. The molecule has 0 aliphatic carbocycles. The van der Waals surface area contributed by atoms with Crippen LogP contribution in [0, 0.1) is 0 Å². The average Bonchev–Trinajstić information content (AvgIpc) is 2.48. The molecule has 1 fully saturated rings. The molecule has 0 radical (unpaired) electrons. The van der Waals surface area contributed by atoms with E-state index < -0.39 is 0 Å². The molecule has 6 heteroatoms. The third-order valence-electron chi connectivity index (χ3n) is 3.30. The van der Waals surface area contributed by atoms with Crippen LogP contribution in [-0.4, -0.2) is 47.8 Å². The molecule has 1 amide bonds. The lowest BCUT2D eigenvalue weighted by Gasteiger charge is -2.38. The van der Waals surface area contributed by atoms with Crippen molar-refractivity contribution in [3.05, 3.63) is 29.8 Å². The SMILES string of the molecule is COc1cccc(C2=NNC(=O)C3CSCCN23)c1. The number of hydrogen-bond donors (Lipinski definition) is 1. The molecule has 19 heavy (non-hydrogen) atoms. The number of hydrazone groups is 1. The van der Waals surface area contributed by atoms with Gasteiger partial charge in [0.15, 0.2) is 5.84 Å². The molecule has 0 saturated carbocycles. The van der Waals surface area contributed by atoms with Gasteiger partial charge in [-0.3, -0.25) is 4.79 Å². The van der Waals surface area contributed by atoms with Crippen LogP contribution < -0.4 is 10.2 Å². The molecule has 0 bridgehead atoms. The summed E-state index contributed by atoms with van der Waals surface area (Å²) in [6.07, 6.45) is 0. The lowest BCUT2D eigenvalue weighted by molar-refractivity contribution is -0.125. The molecule has 1 N–H and O–H groups in total. The van der Waals surface area contributed by atoms with Crippen LogP contribution in [0.5, 0.6) is 5.75 Å². The molecule has 0 spiro atoms. The summed E-state index contributed by atoms with van der Waals surface area (Å²) in [5, 5.41) is 4.22. The van der Waals surface area contributed by atoms with Crippen molar-refractivity contribution in [1.29, 1.82) is 0 Å². The first kappa shape index (κ1) is 12.3. The number of thioether (sulfide) groups is 1. The number of amides is 1. The van der Waals surface area contributed by atoms with Gasteiger partial charge >= 0.3 is 0 Å². The van der Waals surface area contributed by atoms with Gasteiger partial charge in [-0.05, 0) is 12.1 Å². The van der Waals surface area contributed by atoms with Gasteiger partial charge in [0, 0.05) is 23.6 Å². The second-order valence-corrected chi connectivity index (χ2v) is 5.58. The maximum Gasteiger partial charge on any atom is 0.263 e. The topological polar surface area (TPSA) is 53.9 Å². The highest BCUT2D eigenvalue weighted by atomic mass is 32.2. The van der Waals surface area contributed by atoms with Crippen LogP contribution in [0.3, 0.4) is 0 Å². The van der Waals surface area contributed by atoms with Crippen molar-refractivity contribution in [3.63, 3.8) is 0 Å². The second kappa shape index (κ2) is 5.13. The van der Waals surface area contributed by atoms with Crippen LogP contribution in [0.1, 0.15) is 5.56 Å². The van der Waals surface area contributed by atoms with E-state index in [4.69, 9.17) is 4.74 Å². The highest BCUT2D eigenvalue weighted by Gasteiger charge is 2.35.